The third kappa shape index (κ3) is 37.1. The third-order valence-electron chi connectivity index (χ3n) is 13.7. The Balaban J connectivity index is 2.75. The molecule has 0 aliphatic carbocycles. The molecule has 1 saturated heterocycles. The normalized spacial score (nSPS) is 19.9. The van der Waals surface area contributed by atoms with Gasteiger partial charge in [-0.15, -0.1) is 0 Å². The van der Waals surface area contributed by atoms with Gasteiger partial charge >= 0.3 is 5.97 Å². The number of aliphatic hydroxyl groups excluding tert-OH is 5. The van der Waals surface area contributed by atoms with Gasteiger partial charge in [0, 0.05) is 6.42 Å². The van der Waals surface area contributed by atoms with Crippen molar-refractivity contribution in [3.63, 3.8) is 0 Å². The molecule has 1 aliphatic heterocycles. The molecule has 1 aliphatic rings. The Morgan fingerprint density at radius 1 is 0.542 bits per heavy atom. The number of carbonyl (C=O) groups excluding carboxylic acids is 2. The van der Waals surface area contributed by atoms with E-state index in [1.54, 1.807) is 6.08 Å². The standard InChI is InChI=1S/C61H109NO10/c1-4-7-10-13-16-19-22-25-26-27-28-29-31-33-36-39-42-45-48-54(65)60(69)62-52(53(64)47-44-41-38-35-32-24-21-18-15-12-9-6-3)51-70-61-59(58(68)57(67)55(50-63)71-61)72-56(66)49-46-43-40-37-34-30-23-20-17-14-11-8-5-2/h16,19,25-26,28-29,33,36,44,47,52-55,57-59,61,63-65,67-68H,4-15,17-18,20-24,27,30-32,34-35,37-43,45-46,48-51H2,1-3H3,(H,62,69)/b19-16-,26-25-,29-28-,36-33-,47-44+. The van der Waals surface area contributed by atoms with Gasteiger partial charge in [-0.3, -0.25) is 9.59 Å². The highest BCUT2D eigenvalue weighted by Crippen LogP contribution is 2.26. The van der Waals surface area contributed by atoms with Gasteiger partial charge in [-0.1, -0.05) is 236 Å². The summed E-state index contributed by atoms with van der Waals surface area (Å²) in [6.45, 7) is 5.73. The number of nitrogens with one attached hydrogen (secondary N) is 1. The van der Waals surface area contributed by atoms with Gasteiger partial charge in [-0.2, -0.15) is 0 Å². The lowest BCUT2D eigenvalue weighted by molar-refractivity contribution is -0.305. The minimum Gasteiger partial charge on any atom is -0.454 e. The van der Waals surface area contributed by atoms with E-state index in [1.807, 2.05) is 6.08 Å². The maximum Gasteiger partial charge on any atom is 0.306 e. The minimum atomic E-state index is -1.62. The molecule has 0 spiro atoms. The first kappa shape index (κ1) is 67.4. The fourth-order valence-electron chi connectivity index (χ4n) is 8.93. The van der Waals surface area contributed by atoms with Crippen LogP contribution in [0.5, 0.6) is 0 Å². The number of rotatable bonds is 49. The summed E-state index contributed by atoms with van der Waals surface area (Å²) in [6, 6.07) is -1.04. The lowest BCUT2D eigenvalue weighted by atomic mass is 9.99. The van der Waals surface area contributed by atoms with E-state index >= 15 is 0 Å². The molecular weight excluding hydrogens is 907 g/mol. The average Bonchev–Trinajstić information content (AvgIpc) is 3.38. The largest absolute Gasteiger partial charge is 0.454 e. The number of hydrogen-bond acceptors (Lipinski definition) is 10. The van der Waals surface area contributed by atoms with Crippen LogP contribution in [0.25, 0.3) is 0 Å². The van der Waals surface area contributed by atoms with E-state index in [4.69, 9.17) is 14.2 Å². The molecule has 11 nitrogen and oxygen atoms in total. The summed E-state index contributed by atoms with van der Waals surface area (Å²) in [6.07, 6.45) is 49.7. The molecule has 1 heterocycles. The molecule has 11 heteroatoms. The number of esters is 1. The smallest absolute Gasteiger partial charge is 0.306 e. The average molecular weight is 1020 g/mol. The molecule has 418 valence electrons. The predicted molar refractivity (Wildman–Crippen MR) is 296 cm³/mol. The Hall–Kier alpha value is -2.64. The van der Waals surface area contributed by atoms with Gasteiger partial charge in [0.05, 0.1) is 25.4 Å². The van der Waals surface area contributed by atoms with E-state index < -0.39 is 67.4 Å². The Kier molecular flexibility index (Phi) is 46.1. The number of carbonyl (C=O) groups is 2. The van der Waals surface area contributed by atoms with Crippen LogP contribution in [-0.2, 0) is 23.8 Å². The molecule has 1 rings (SSSR count). The Morgan fingerprint density at radius 3 is 1.46 bits per heavy atom. The van der Waals surface area contributed by atoms with Crippen LogP contribution < -0.4 is 5.32 Å². The number of unbranched alkanes of at least 4 members (excludes halogenated alkanes) is 27. The molecule has 0 bridgehead atoms. The van der Waals surface area contributed by atoms with Crippen molar-refractivity contribution in [3.05, 3.63) is 60.8 Å². The zero-order valence-electron chi connectivity index (χ0n) is 46.0. The first-order chi connectivity index (χ1) is 35.2. The van der Waals surface area contributed by atoms with Gasteiger partial charge in [-0.25, -0.2) is 0 Å². The van der Waals surface area contributed by atoms with Crippen LogP contribution in [0.2, 0.25) is 0 Å². The molecule has 8 atom stereocenters. The summed E-state index contributed by atoms with van der Waals surface area (Å²) in [7, 11) is 0. The van der Waals surface area contributed by atoms with Gasteiger partial charge in [0.25, 0.3) is 0 Å². The van der Waals surface area contributed by atoms with Crippen LogP contribution in [0.3, 0.4) is 0 Å². The van der Waals surface area contributed by atoms with E-state index in [1.165, 1.54) is 128 Å². The van der Waals surface area contributed by atoms with E-state index in [0.717, 1.165) is 77.0 Å². The van der Waals surface area contributed by atoms with Crippen molar-refractivity contribution in [2.75, 3.05) is 13.2 Å². The summed E-state index contributed by atoms with van der Waals surface area (Å²) in [5, 5.41) is 56.8. The molecule has 0 aromatic heterocycles. The van der Waals surface area contributed by atoms with Crippen molar-refractivity contribution in [2.45, 2.75) is 301 Å². The number of amides is 1. The topological polar surface area (TPSA) is 175 Å². The molecular formula is C61H109NO10. The Labute approximate surface area is 439 Å². The SMILES string of the molecule is CCCCC/C=C\C/C=C\C/C=C\C/C=C\CCCCC(O)C(=O)NC(COC1OC(CO)C(O)C(O)C1OC(=O)CCCCCCCCCCCCCCC)C(O)/C=C/CCCCCCCCCCCC. The summed E-state index contributed by atoms with van der Waals surface area (Å²) in [5.74, 6) is -1.22. The second kappa shape index (κ2) is 49.2. The van der Waals surface area contributed by atoms with Gasteiger partial charge in [-0.05, 0) is 70.6 Å². The van der Waals surface area contributed by atoms with Crippen molar-refractivity contribution < 1.29 is 49.3 Å². The maximum atomic E-state index is 13.4. The highest BCUT2D eigenvalue weighted by molar-refractivity contribution is 5.80. The van der Waals surface area contributed by atoms with Crippen LogP contribution in [0, 0.1) is 0 Å². The van der Waals surface area contributed by atoms with Gasteiger partial charge < -0.3 is 45.1 Å². The van der Waals surface area contributed by atoms with Crippen LogP contribution in [0.4, 0.5) is 0 Å². The summed E-state index contributed by atoms with van der Waals surface area (Å²) in [5.41, 5.74) is 0. The van der Waals surface area contributed by atoms with Crippen molar-refractivity contribution in [1.82, 2.24) is 5.32 Å². The molecule has 0 aromatic carbocycles. The van der Waals surface area contributed by atoms with E-state index in [2.05, 4.69) is 74.7 Å². The lowest BCUT2D eigenvalue weighted by Crippen LogP contribution is -2.61. The predicted octanol–water partition coefficient (Wildman–Crippen LogP) is 13.4. The zero-order chi connectivity index (χ0) is 52.5. The van der Waals surface area contributed by atoms with E-state index in [0.29, 0.717) is 12.8 Å². The molecule has 0 aromatic rings. The van der Waals surface area contributed by atoms with Crippen LogP contribution in [-0.4, -0.2) is 99.6 Å². The lowest BCUT2D eigenvalue weighted by Gasteiger charge is -2.41. The van der Waals surface area contributed by atoms with Gasteiger partial charge in [0.1, 0.15) is 24.4 Å². The fraction of sp³-hybridized carbons (Fsp3) is 0.803. The summed E-state index contributed by atoms with van der Waals surface area (Å²) < 4.78 is 17.6. The molecule has 0 saturated carbocycles. The quantitative estimate of drug-likeness (QED) is 0.0195. The van der Waals surface area contributed by atoms with Crippen molar-refractivity contribution in [2.24, 2.45) is 0 Å². The molecule has 6 N–H and O–H groups in total. The zero-order valence-corrected chi connectivity index (χ0v) is 46.0. The Bertz CT molecular complexity index is 1400. The molecule has 1 amide bonds. The van der Waals surface area contributed by atoms with E-state index in [9.17, 15) is 35.1 Å². The first-order valence-corrected chi connectivity index (χ1v) is 29.6. The molecule has 8 unspecified atom stereocenters. The van der Waals surface area contributed by atoms with Crippen molar-refractivity contribution in [3.8, 4) is 0 Å². The van der Waals surface area contributed by atoms with Gasteiger partial charge in [0.2, 0.25) is 5.91 Å². The minimum absolute atomic E-state index is 0.121. The maximum absolute atomic E-state index is 13.4. The van der Waals surface area contributed by atoms with Crippen LogP contribution >= 0.6 is 0 Å². The summed E-state index contributed by atoms with van der Waals surface area (Å²) in [4.78, 5) is 26.4. The van der Waals surface area contributed by atoms with Crippen LogP contribution in [0.15, 0.2) is 60.8 Å². The number of ether oxygens (including phenoxy) is 3. The first-order valence-electron chi connectivity index (χ1n) is 29.6. The fourth-order valence-corrected chi connectivity index (χ4v) is 8.93. The molecule has 1 fully saturated rings. The molecule has 0 radical (unpaired) electrons. The molecule has 72 heavy (non-hydrogen) atoms. The monoisotopic (exact) mass is 1020 g/mol. The van der Waals surface area contributed by atoms with Crippen molar-refractivity contribution in [1.29, 1.82) is 0 Å². The van der Waals surface area contributed by atoms with Crippen LogP contribution in [0.1, 0.15) is 252 Å². The van der Waals surface area contributed by atoms with Crippen molar-refractivity contribution >= 4 is 11.9 Å². The Morgan fingerprint density at radius 2 is 0.958 bits per heavy atom. The second-order valence-electron chi connectivity index (χ2n) is 20.4. The second-order valence-corrected chi connectivity index (χ2v) is 20.4. The highest BCUT2D eigenvalue weighted by atomic mass is 16.7. The number of allylic oxidation sites excluding steroid dienone is 9. The van der Waals surface area contributed by atoms with Gasteiger partial charge in [0.15, 0.2) is 12.4 Å². The highest BCUT2D eigenvalue weighted by Gasteiger charge is 2.47. The number of aliphatic hydroxyl groups is 5. The summed E-state index contributed by atoms with van der Waals surface area (Å²) >= 11 is 0. The third-order valence-corrected chi connectivity index (χ3v) is 13.7. The van der Waals surface area contributed by atoms with E-state index in [-0.39, 0.29) is 19.4 Å². The number of hydrogen-bond donors (Lipinski definition) is 6.